The van der Waals surface area contributed by atoms with E-state index in [0.717, 1.165) is 24.8 Å². The molecule has 0 aliphatic heterocycles. The van der Waals surface area contributed by atoms with Crippen molar-refractivity contribution in [3.8, 4) is 0 Å². The average molecular weight is 241 g/mol. The van der Waals surface area contributed by atoms with Crippen LogP contribution >= 0.6 is 11.6 Å². The van der Waals surface area contributed by atoms with Gasteiger partial charge in [-0.3, -0.25) is 0 Å². The zero-order valence-corrected chi connectivity index (χ0v) is 10.3. The van der Waals surface area contributed by atoms with Gasteiger partial charge in [0, 0.05) is 5.02 Å². The summed E-state index contributed by atoms with van der Waals surface area (Å²) in [7, 11) is 0. The van der Waals surface area contributed by atoms with Gasteiger partial charge in [0.1, 0.15) is 0 Å². The number of unbranched alkanes of at least 4 members (excludes halogenated alkanes) is 3. The molecule has 0 amide bonds. The molecule has 88 valence electrons. The maximum absolute atomic E-state index is 11.0. The summed E-state index contributed by atoms with van der Waals surface area (Å²) in [6.07, 6.45) is 5.34. The van der Waals surface area contributed by atoms with Gasteiger partial charge in [-0.15, -0.1) is 0 Å². The van der Waals surface area contributed by atoms with Gasteiger partial charge in [-0.2, -0.15) is 0 Å². The summed E-state index contributed by atoms with van der Waals surface area (Å²) >= 11 is 5.87. The molecule has 0 radical (unpaired) electrons. The fraction of sp³-hybridized carbons (Fsp3) is 0.462. The predicted molar refractivity (Wildman–Crippen MR) is 66.3 cm³/mol. The van der Waals surface area contributed by atoms with E-state index in [2.05, 4.69) is 6.92 Å². The lowest BCUT2D eigenvalue weighted by Crippen LogP contribution is -2.02. The zero-order chi connectivity index (χ0) is 12.0. The van der Waals surface area contributed by atoms with E-state index in [0.29, 0.717) is 10.6 Å². The van der Waals surface area contributed by atoms with E-state index in [4.69, 9.17) is 16.7 Å². The van der Waals surface area contributed by atoms with Crippen LogP contribution in [0.3, 0.4) is 0 Å². The fourth-order valence-corrected chi connectivity index (χ4v) is 1.91. The first-order valence-electron chi connectivity index (χ1n) is 5.67. The summed E-state index contributed by atoms with van der Waals surface area (Å²) in [6, 6.07) is 4.97. The monoisotopic (exact) mass is 240 g/mol. The summed E-state index contributed by atoms with van der Waals surface area (Å²) in [5.41, 5.74) is 1.22. The number of carboxylic acids is 1. The van der Waals surface area contributed by atoms with Crippen LogP contribution in [0, 0.1) is 0 Å². The van der Waals surface area contributed by atoms with Crippen LogP contribution in [-0.2, 0) is 6.42 Å². The molecule has 0 saturated heterocycles. The van der Waals surface area contributed by atoms with Gasteiger partial charge in [-0.1, -0.05) is 37.8 Å². The number of hydrogen-bond acceptors (Lipinski definition) is 1. The molecule has 0 atom stereocenters. The van der Waals surface area contributed by atoms with Crippen molar-refractivity contribution in [3.63, 3.8) is 0 Å². The van der Waals surface area contributed by atoms with Gasteiger partial charge >= 0.3 is 5.97 Å². The number of carbonyl (C=O) groups is 1. The minimum atomic E-state index is -0.873. The normalized spacial score (nSPS) is 10.4. The van der Waals surface area contributed by atoms with Crippen molar-refractivity contribution in [3.05, 3.63) is 34.3 Å². The van der Waals surface area contributed by atoms with E-state index < -0.39 is 5.97 Å². The van der Waals surface area contributed by atoms with Gasteiger partial charge in [0.25, 0.3) is 0 Å². The molecule has 1 aromatic rings. The summed E-state index contributed by atoms with van der Waals surface area (Å²) in [6.45, 7) is 2.15. The maximum Gasteiger partial charge on any atom is 0.335 e. The third-order valence-electron chi connectivity index (χ3n) is 2.60. The molecule has 0 saturated carbocycles. The van der Waals surface area contributed by atoms with Crippen molar-refractivity contribution in [2.45, 2.75) is 39.0 Å². The Morgan fingerprint density at radius 1 is 1.31 bits per heavy atom. The highest BCUT2D eigenvalue weighted by molar-refractivity contribution is 6.30. The lowest BCUT2D eigenvalue weighted by atomic mass is 10.0. The molecule has 16 heavy (non-hydrogen) atoms. The Morgan fingerprint density at radius 3 is 2.69 bits per heavy atom. The van der Waals surface area contributed by atoms with Gasteiger partial charge in [0.05, 0.1) is 5.56 Å². The van der Waals surface area contributed by atoms with E-state index in [9.17, 15) is 4.79 Å². The second-order valence-electron chi connectivity index (χ2n) is 3.92. The Labute approximate surface area is 101 Å². The lowest BCUT2D eigenvalue weighted by Gasteiger charge is -2.06. The largest absolute Gasteiger partial charge is 0.478 e. The van der Waals surface area contributed by atoms with Crippen LogP contribution in [0.4, 0.5) is 0 Å². The van der Waals surface area contributed by atoms with Gasteiger partial charge in [-0.05, 0) is 36.6 Å². The molecular formula is C13H17ClO2. The minimum absolute atomic E-state index is 0.376. The number of carboxylic acid groups (broad SMARTS) is 1. The van der Waals surface area contributed by atoms with Crippen molar-refractivity contribution < 1.29 is 9.90 Å². The molecule has 1 rings (SSSR count). The highest BCUT2D eigenvalue weighted by Crippen LogP contribution is 2.18. The van der Waals surface area contributed by atoms with E-state index in [1.807, 2.05) is 0 Å². The Morgan fingerprint density at radius 2 is 2.06 bits per heavy atom. The van der Waals surface area contributed by atoms with Crippen LogP contribution in [0.15, 0.2) is 18.2 Å². The summed E-state index contributed by atoms with van der Waals surface area (Å²) in [5.74, 6) is -0.873. The van der Waals surface area contributed by atoms with Crippen molar-refractivity contribution in [2.24, 2.45) is 0 Å². The van der Waals surface area contributed by atoms with Gasteiger partial charge in [0.2, 0.25) is 0 Å². The van der Waals surface area contributed by atoms with Crippen molar-refractivity contribution in [1.82, 2.24) is 0 Å². The Kier molecular flexibility index (Phi) is 5.33. The smallest absolute Gasteiger partial charge is 0.335 e. The van der Waals surface area contributed by atoms with Crippen LogP contribution in [0.5, 0.6) is 0 Å². The minimum Gasteiger partial charge on any atom is -0.478 e. The molecule has 0 bridgehead atoms. The molecule has 0 fully saturated rings. The molecular weight excluding hydrogens is 224 g/mol. The topological polar surface area (TPSA) is 37.3 Å². The van der Waals surface area contributed by atoms with Crippen LogP contribution in [0.1, 0.15) is 48.5 Å². The van der Waals surface area contributed by atoms with Crippen molar-refractivity contribution in [1.29, 1.82) is 0 Å². The molecule has 3 heteroatoms. The van der Waals surface area contributed by atoms with E-state index in [1.54, 1.807) is 18.2 Å². The average Bonchev–Trinajstić information content (AvgIpc) is 2.24. The van der Waals surface area contributed by atoms with E-state index in [-0.39, 0.29) is 0 Å². The Hall–Kier alpha value is -1.02. The molecule has 1 aromatic carbocycles. The fourth-order valence-electron chi connectivity index (χ4n) is 1.72. The molecule has 2 nitrogen and oxygen atoms in total. The van der Waals surface area contributed by atoms with Crippen molar-refractivity contribution >= 4 is 17.6 Å². The zero-order valence-electron chi connectivity index (χ0n) is 9.50. The van der Waals surface area contributed by atoms with Crippen LogP contribution in [0.2, 0.25) is 5.02 Å². The van der Waals surface area contributed by atoms with E-state index in [1.165, 1.54) is 12.8 Å². The molecule has 0 heterocycles. The first kappa shape index (κ1) is 13.0. The molecule has 0 unspecified atom stereocenters. The first-order valence-corrected chi connectivity index (χ1v) is 6.04. The number of halogens is 1. The number of benzene rings is 1. The molecule has 0 spiro atoms. The summed E-state index contributed by atoms with van der Waals surface area (Å²) < 4.78 is 0. The number of aryl methyl sites for hydroxylation is 1. The first-order chi connectivity index (χ1) is 7.65. The van der Waals surface area contributed by atoms with Gasteiger partial charge < -0.3 is 5.11 Å². The molecule has 0 aliphatic rings. The Bertz CT molecular complexity index is 361. The highest BCUT2D eigenvalue weighted by Gasteiger charge is 2.09. The molecule has 0 aromatic heterocycles. The third kappa shape index (κ3) is 3.86. The summed E-state index contributed by atoms with van der Waals surface area (Å²) in [5, 5.41) is 9.62. The quantitative estimate of drug-likeness (QED) is 0.758. The van der Waals surface area contributed by atoms with Crippen LogP contribution in [0.25, 0.3) is 0 Å². The summed E-state index contributed by atoms with van der Waals surface area (Å²) in [4.78, 5) is 11.0. The van der Waals surface area contributed by atoms with Crippen molar-refractivity contribution in [2.75, 3.05) is 0 Å². The maximum atomic E-state index is 11.0. The third-order valence-corrected chi connectivity index (χ3v) is 2.83. The second kappa shape index (κ2) is 6.54. The second-order valence-corrected chi connectivity index (χ2v) is 4.35. The standard InChI is InChI=1S/C13H17ClO2/c1-2-3-4-5-6-10-9-11(14)7-8-12(10)13(15)16/h7-9H,2-6H2,1H3,(H,15,16). The number of rotatable bonds is 6. The van der Waals surface area contributed by atoms with Crippen LogP contribution < -0.4 is 0 Å². The molecule has 0 aliphatic carbocycles. The van der Waals surface area contributed by atoms with Gasteiger partial charge in [-0.25, -0.2) is 4.79 Å². The van der Waals surface area contributed by atoms with E-state index >= 15 is 0 Å². The van der Waals surface area contributed by atoms with Crippen LogP contribution in [-0.4, -0.2) is 11.1 Å². The lowest BCUT2D eigenvalue weighted by molar-refractivity contribution is 0.0695. The number of hydrogen-bond donors (Lipinski definition) is 1. The highest BCUT2D eigenvalue weighted by atomic mass is 35.5. The number of aromatic carboxylic acids is 1. The van der Waals surface area contributed by atoms with Gasteiger partial charge in [0.15, 0.2) is 0 Å². The molecule has 1 N–H and O–H groups in total. The predicted octanol–water partition coefficient (Wildman–Crippen LogP) is 4.16. The Balaban J connectivity index is 2.68. The SMILES string of the molecule is CCCCCCc1cc(Cl)ccc1C(=O)O.